The zero-order chi connectivity index (χ0) is 19.4. The molecule has 27 heavy (non-hydrogen) atoms. The van der Waals surface area contributed by atoms with Gasteiger partial charge in [0.1, 0.15) is 0 Å². The van der Waals surface area contributed by atoms with Gasteiger partial charge in [-0.1, -0.05) is 6.92 Å². The van der Waals surface area contributed by atoms with E-state index in [4.69, 9.17) is 0 Å². The minimum atomic E-state index is -0.491. The molecule has 1 aromatic carbocycles. The number of hydrogen-bond acceptors (Lipinski definition) is 5. The van der Waals surface area contributed by atoms with Gasteiger partial charge < -0.3 is 15.5 Å². The molecule has 1 aliphatic heterocycles. The average molecular weight is 374 g/mol. The van der Waals surface area contributed by atoms with Gasteiger partial charge in [-0.3, -0.25) is 19.7 Å². The van der Waals surface area contributed by atoms with E-state index in [-0.39, 0.29) is 30.0 Å². The number of rotatable bonds is 7. The van der Waals surface area contributed by atoms with Gasteiger partial charge in [0, 0.05) is 44.2 Å². The fourth-order valence-corrected chi connectivity index (χ4v) is 3.29. The van der Waals surface area contributed by atoms with E-state index >= 15 is 0 Å². The van der Waals surface area contributed by atoms with Crippen LogP contribution in [0.5, 0.6) is 0 Å². The van der Waals surface area contributed by atoms with Crippen molar-refractivity contribution in [1.82, 2.24) is 10.6 Å². The van der Waals surface area contributed by atoms with Gasteiger partial charge in [-0.05, 0) is 37.7 Å². The Labute approximate surface area is 158 Å². The van der Waals surface area contributed by atoms with Crippen LogP contribution in [-0.4, -0.2) is 42.9 Å². The van der Waals surface area contributed by atoms with Gasteiger partial charge in [0.25, 0.3) is 11.6 Å². The van der Waals surface area contributed by atoms with Gasteiger partial charge in [-0.2, -0.15) is 0 Å². The molecule has 2 amide bonds. The molecule has 3 rings (SSSR count). The molecule has 0 unspecified atom stereocenters. The first-order valence-electron chi connectivity index (χ1n) is 9.55. The summed E-state index contributed by atoms with van der Waals surface area (Å²) < 4.78 is 0. The Morgan fingerprint density at radius 3 is 2.44 bits per heavy atom. The number of benzene rings is 1. The lowest BCUT2D eigenvalue weighted by atomic mass is 9.98. The fraction of sp³-hybridized carbons (Fsp3) is 0.579. The molecule has 1 saturated carbocycles. The van der Waals surface area contributed by atoms with E-state index in [1.54, 1.807) is 6.07 Å². The van der Waals surface area contributed by atoms with E-state index in [2.05, 4.69) is 22.5 Å². The minimum absolute atomic E-state index is 0.0303. The predicted molar refractivity (Wildman–Crippen MR) is 102 cm³/mol. The lowest BCUT2D eigenvalue weighted by Gasteiger charge is -2.33. The number of non-ortho nitro benzene ring substituents is 1. The van der Waals surface area contributed by atoms with Crippen LogP contribution in [0.1, 0.15) is 43.0 Å². The van der Waals surface area contributed by atoms with Gasteiger partial charge in [0.05, 0.1) is 16.2 Å². The normalized spacial score (nSPS) is 17.4. The molecule has 0 atom stereocenters. The highest BCUT2D eigenvalue weighted by Gasteiger charge is 2.29. The summed E-state index contributed by atoms with van der Waals surface area (Å²) in [5.41, 5.74) is 0.940. The standard InChI is InChI=1S/C19H26N4O4/c1-13-6-10-22(11-7-13)17-5-4-15(23(26)27)12-16(17)19(25)21-9-8-20-18(24)14-2-3-14/h4-5,12-14H,2-3,6-11H2,1H3,(H,20,24)(H,21,25). The maximum absolute atomic E-state index is 12.7. The summed E-state index contributed by atoms with van der Waals surface area (Å²) in [6.07, 6.45) is 3.93. The quantitative estimate of drug-likeness (QED) is 0.432. The van der Waals surface area contributed by atoms with Crippen molar-refractivity contribution in [3.63, 3.8) is 0 Å². The van der Waals surface area contributed by atoms with Gasteiger partial charge >= 0.3 is 0 Å². The lowest BCUT2D eigenvalue weighted by Crippen LogP contribution is -2.37. The predicted octanol–water partition coefficient (Wildman–Crippen LogP) is 2.09. The van der Waals surface area contributed by atoms with E-state index < -0.39 is 4.92 Å². The number of nitro benzene ring substituents is 1. The Morgan fingerprint density at radius 2 is 1.81 bits per heavy atom. The van der Waals surface area contributed by atoms with E-state index in [0.717, 1.165) is 44.5 Å². The van der Waals surface area contributed by atoms with E-state index in [1.165, 1.54) is 12.1 Å². The lowest BCUT2D eigenvalue weighted by molar-refractivity contribution is -0.384. The van der Waals surface area contributed by atoms with Gasteiger partial charge in [-0.15, -0.1) is 0 Å². The van der Waals surface area contributed by atoms with Crippen molar-refractivity contribution in [3.8, 4) is 0 Å². The molecule has 1 heterocycles. The van der Waals surface area contributed by atoms with Crippen LogP contribution < -0.4 is 15.5 Å². The summed E-state index contributed by atoms with van der Waals surface area (Å²) in [7, 11) is 0. The molecule has 2 fully saturated rings. The second kappa shape index (κ2) is 8.37. The Kier molecular flexibility index (Phi) is 5.93. The molecular formula is C19H26N4O4. The number of anilines is 1. The molecule has 8 heteroatoms. The van der Waals surface area contributed by atoms with Crippen molar-refractivity contribution in [2.45, 2.75) is 32.6 Å². The van der Waals surface area contributed by atoms with Crippen LogP contribution in [0.3, 0.4) is 0 Å². The van der Waals surface area contributed by atoms with Crippen molar-refractivity contribution in [1.29, 1.82) is 0 Å². The van der Waals surface area contributed by atoms with Crippen molar-refractivity contribution in [2.75, 3.05) is 31.1 Å². The number of nitrogens with one attached hydrogen (secondary N) is 2. The number of piperidine rings is 1. The first kappa shape index (κ1) is 19.1. The third-order valence-electron chi connectivity index (χ3n) is 5.22. The molecule has 1 aromatic rings. The minimum Gasteiger partial charge on any atom is -0.371 e. The van der Waals surface area contributed by atoms with E-state index in [1.807, 2.05) is 0 Å². The largest absolute Gasteiger partial charge is 0.371 e. The van der Waals surface area contributed by atoms with Crippen molar-refractivity contribution < 1.29 is 14.5 Å². The van der Waals surface area contributed by atoms with Crippen molar-refractivity contribution >= 4 is 23.2 Å². The molecule has 0 radical (unpaired) electrons. The summed E-state index contributed by atoms with van der Waals surface area (Å²) in [5, 5.41) is 16.7. The summed E-state index contributed by atoms with van der Waals surface area (Å²) in [5.74, 6) is 0.452. The zero-order valence-electron chi connectivity index (χ0n) is 15.6. The van der Waals surface area contributed by atoms with Gasteiger partial charge in [-0.25, -0.2) is 0 Å². The van der Waals surface area contributed by atoms with Crippen LogP contribution in [0.15, 0.2) is 18.2 Å². The van der Waals surface area contributed by atoms with E-state index in [0.29, 0.717) is 18.0 Å². The number of nitrogens with zero attached hydrogens (tertiary/aromatic N) is 2. The smallest absolute Gasteiger partial charge is 0.270 e. The Hall–Kier alpha value is -2.64. The highest BCUT2D eigenvalue weighted by Crippen LogP contribution is 2.30. The molecule has 0 aromatic heterocycles. The number of nitro groups is 1. The molecule has 1 aliphatic carbocycles. The van der Waals surface area contributed by atoms with Crippen LogP contribution >= 0.6 is 0 Å². The summed E-state index contributed by atoms with van der Waals surface area (Å²) >= 11 is 0. The highest BCUT2D eigenvalue weighted by molar-refractivity contribution is 6.00. The number of amides is 2. The maximum Gasteiger partial charge on any atom is 0.270 e. The van der Waals surface area contributed by atoms with Crippen LogP contribution in [0, 0.1) is 22.0 Å². The summed E-state index contributed by atoms with van der Waals surface area (Å²) in [6, 6.07) is 4.45. The van der Waals surface area contributed by atoms with Crippen molar-refractivity contribution in [2.24, 2.45) is 11.8 Å². The van der Waals surface area contributed by atoms with Crippen LogP contribution in [-0.2, 0) is 4.79 Å². The van der Waals surface area contributed by atoms with Crippen LogP contribution in [0.25, 0.3) is 0 Å². The first-order valence-corrected chi connectivity index (χ1v) is 9.55. The number of carbonyl (C=O) groups is 2. The molecule has 1 saturated heterocycles. The molecule has 8 nitrogen and oxygen atoms in total. The first-order chi connectivity index (χ1) is 13.0. The molecule has 2 aliphatic rings. The Balaban J connectivity index is 1.66. The second-order valence-corrected chi connectivity index (χ2v) is 7.45. The zero-order valence-corrected chi connectivity index (χ0v) is 15.6. The second-order valence-electron chi connectivity index (χ2n) is 7.45. The third kappa shape index (κ3) is 4.96. The highest BCUT2D eigenvalue weighted by atomic mass is 16.6. The van der Waals surface area contributed by atoms with Gasteiger partial charge in [0.15, 0.2) is 0 Å². The third-order valence-corrected chi connectivity index (χ3v) is 5.22. The number of carbonyl (C=O) groups excluding carboxylic acids is 2. The van der Waals surface area contributed by atoms with Crippen molar-refractivity contribution in [3.05, 3.63) is 33.9 Å². The monoisotopic (exact) mass is 374 g/mol. The van der Waals surface area contributed by atoms with E-state index in [9.17, 15) is 19.7 Å². The van der Waals surface area contributed by atoms with Crippen LogP contribution in [0.4, 0.5) is 11.4 Å². The molecule has 0 bridgehead atoms. The molecule has 0 spiro atoms. The average Bonchev–Trinajstić information content (AvgIpc) is 3.50. The molecular weight excluding hydrogens is 348 g/mol. The number of hydrogen-bond donors (Lipinski definition) is 2. The summed E-state index contributed by atoms with van der Waals surface area (Å²) in [4.78, 5) is 37.0. The fourth-order valence-electron chi connectivity index (χ4n) is 3.29. The summed E-state index contributed by atoms with van der Waals surface area (Å²) in [6.45, 7) is 4.51. The Bertz CT molecular complexity index is 724. The van der Waals surface area contributed by atoms with Crippen LogP contribution in [0.2, 0.25) is 0 Å². The SMILES string of the molecule is CC1CCN(c2ccc([N+](=O)[O-])cc2C(=O)NCCNC(=O)C2CC2)CC1. The van der Waals surface area contributed by atoms with Gasteiger partial charge in [0.2, 0.25) is 5.91 Å². The topological polar surface area (TPSA) is 105 Å². The molecule has 146 valence electrons. The maximum atomic E-state index is 12.7. The molecule has 2 N–H and O–H groups in total. The Morgan fingerprint density at radius 1 is 1.15 bits per heavy atom.